The van der Waals surface area contributed by atoms with E-state index >= 15 is 0 Å². The first-order valence-corrected chi connectivity index (χ1v) is 8.26. The van der Waals surface area contributed by atoms with E-state index in [9.17, 15) is 14.4 Å². The Morgan fingerprint density at radius 1 is 1.04 bits per heavy atom. The SMILES string of the molecule is Cc1ccc(NC(=O)NC(=O)COC(=O)c2cc3ccccc3o2)c(C)c1. The van der Waals surface area contributed by atoms with Gasteiger partial charge in [0.2, 0.25) is 5.76 Å². The largest absolute Gasteiger partial charge is 0.450 e. The fourth-order valence-corrected chi connectivity index (χ4v) is 2.55. The van der Waals surface area contributed by atoms with Crippen molar-refractivity contribution in [1.29, 1.82) is 0 Å². The van der Waals surface area contributed by atoms with Crippen LogP contribution in [0.4, 0.5) is 10.5 Å². The van der Waals surface area contributed by atoms with E-state index in [1.54, 1.807) is 24.3 Å². The van der Waals surface area contributed by atoms with Crippen molar-refractivity contribution in [3.8, 4) is 0 Å². The molecule has 0 aliphatic heterocycles. The van der Waals surface area contributed by atoms with E-state index in [2.05, 4.69) is 10.6 Å². The Labute approximate surface area is 155 Å². The zero-order chi connectivity index (χ0) is 19.4. The van der Waals surface area contributed by atoms with E-state index in [1.807, 2.05) is 32.0 Å². The summed E-state index contributed by atoms with van der Waals surface area (Å²) in [5, 5.41) is 5.43. The lowest BCUT2D eigenvalue weighted by Crippen LogP contribution is -2.37. The number of furan rings is 1. The maximum Gasteiger partial charge on any atom is 0.374 e. The lowest BCUT2D eigenvalue weighted by molar-refractivity contribution is -0.123. The van der Waals surface area contributed by atoms with E-state index < -0.39 is 24.5 Å². The number of ether oxygens (including phenoxy) is 1. The summed E-state index contributed by atoms with van der Waals surface area (Å²) in [6.07, 6.45) is 0. The van der Waals surface area contributed by atoms with Gasteiger partial charge in [-0.3, -0.25) is 10.1 Å². The number of fused-ring (bicyclic) bond motifs is 1. The first-order chi connectivity index (χ1) is 12.9. The third-order valence-corrected chi connectivity index (χ3v) is 3.84. The summed E-state index contributed by atoms with van der Waals surface area (Å²) >= 11 is 0. The quantitative estimate of drug-likeness (QED) is 0.688. The Morgan fingerprint density at radius 2 is 1.81 bits per heavy atom. The van der Waals surface area contributed by atoms with Gasteiger partial charge in [0, 0.05) is 11.1 Å². The Kier molecular flexibility index (Phi) is 5.21. The Hall–Kier alpha value is -3.61. The van der Waals surface area contributed by atoms with Crippen molar-refractivity contribution < 1.29 is 23.5 Å². The van der Waals surface area contributed by atoms with Crippen LogP contribution in [0.2, 0.25) is 0 Å². The van der Waals surface area contributed by atoms with Crippen LogP contribution in [0.5, 0.6) is 0 Å². The van der Waals surface area contributed by atoms with Crippen LogP contribution in [0.1, 0.15) is 21.7 Å². The normalized spacial score (nSPS) is 10.4. The third kappa shape index (κ3) is 4.52. The molecule has 0 atom stereocenters. The van der Waals surface area contributed by atoms with Crippen molar-refractivity contribution in [3.63, 3.8) is 0 Å². The summed E-state index contributed by atoms with van der Waals surface area (Å²) < 4.78 is 10.2. The van der Waals surface area contributed by atoms with Crippen LogP contribution in [0.15, 0.2) is 52.9 Å². The van der Waals surface area contributed by atoms with Gasteiger partial charge < -0.3 is 14.5 Å². The van der Waals surface area contributed by atoms with Crippen LogP contribution in [-0.4, -0.2) is 24.5 Å². The standard InChI is InChI=1S/C20H18N2O5/c1-12-7-8-15(13(2)9-12)21-20(25)22-18(23)11-26-19(24)17-10-14-5-3-4-6-16(14)27-17/h3-10H,11H2,1-2H3,(H2,21,22,23,25). The van der Waals surface area contributed by atoms with E-state index in [4.69, 9.17) is 9.15 Å². The minimum atomic E-state index is -0.781. The molecule has 0 radical (unpaired) electrons. The van der Waals surface area contributed by atoms with Crippen molar-refractivity contribution in [2.24, 2.45) is 0 Å². The highest BCUT2D eigenvalue weighted by molar-refractivity contribution is 6.02. The highest BCUT2D eigenvalue weighted by Crippen LogP contribution is 2.19. The van der Waals surface area contributed by atoms with Crippen molar-refractivity contribution >= 4 is 34.6 Å². The number of benzene rings is 2. The lowest BCUT2D eigenvalue weighted by atomic mass is 10.1. The number of hydrogen-bond donors (Lipinski definition) is 2. The summed E-state index contributed by atoms with van der Waals surface area (Å²) in [7, 11) is 0. The number of rotatable bonds is 4. The maximum absolute atomic E-state index is 12.0. The van der Waals surface area contributed by atoms with Gasteiger partial charge in [0.05, 0.1) is 0 Å². The number of nitrogens with one attached hydrogen (secondary N) is 2. The predicted molar refractivity (Wildman–Crippen MR) is 99.6 cm³/mol. The van der Waals surface area contributed by atoms with Crippen LogP contribution in [0.3, 0.4) is 0 Å². The van der Waals surface area contributed by atoms with Gasteiger partial charge in [-0.05, 0) is 37.6 Å². The summed E-state index contributed by atoms with van der Waals surface area (Å²) in [6.45, 7) is 3.19. The maximum atomic E-state index is 12.0. The molecule has 2 aromatic carbocycles. The fourth-order valence-electron chi connectivity index (χ4n) is 2.55. The molecule has 7 nitrogen and oxygen atoms in total. The predicted octanol–water partition coefficient (Wildman–Crippen LogP) is 3.55. The van der Waals surface area contributed by atoms with Crippen LogP contribution in [0.25, 0.3) is 11.0 Å². The molecule has 0 saturated carbocycles. The topological polar surface area (TPSA) is 97.6 Å². The molecule has 0 spiro atoms. The van der Waals surface area contributed by atoms with Crippen LogP contribution in [-0.2, 0) is 9.53 Å². The fraction of sp³-hybridized carbons (Fsp3) is 0.150. The molecule has 3 rings (SSSR count). The highest BCUT2D eigenvalue weighted by Gasteiger charge is 2.16. The summed E-state index contributed by atoms with van der Waals surface area (Å²) in [5.41, 5.74) is 3.06. The number of carbonyl (C=O) groups is 3. The monoisotopic (exact) mass is 366 g/mol. The zero-order valence-corrected chi connectivity index (χ0v) is 14.9. The molecule has 0 aliphatic rings. The van der Waals surface area contributed by atoms with Gasteiger partial charge in [0.15, 0.2) is 6.61 Å². The first-order valence-electron chi connectivity index (χ1n) is 8.26. The van der Waals surface area contributed by atoms with Gasteiger partial charge in [0.25, 0.3) is 5.91 Å². The second-order valence-electron chi connectivity index (χ2n) is 6.05. The number of aryl methyl sites for hydroxylation is 2. The first kappa shape index (κ1) is 18.2. The summed E-state index contributed by atoms with van der Waals surface area (Å²) in [4.78, 5) is 35.7. The minimum absolute atomic E-state index is 0.0104. The van der Waals surface area contributed by atoms with E-state index in [0.717, 1.165) is 16.5 Å². The van der Waals surface area contributed by atoms with Crippen molar-refractivity contribution in [3.05, 3.63) is 65.4 Å². The average Bonchev–Trinajstić information content (AvgIpc) is 3.06. The Bertz CT molecular complexity index is 989. The molecule has 2 N–H and O–H groups in total. The molecule has 0 saturated heterocycles. The third-order valence-electron chi connectivity index (χ3n) is 3.84. The number of carbonyl (C=O) groups excluding carboxylic acids is 3. The summed E-state index contributed by atoms with van der Waals surface area (Å²) in [5.74, 6) is -1.54. The van der Waals surface area contributed by atoms with E-state index in [-0.39, 0.29) is 5.76 Å². The molecule has 0 fully saturated rings. The second-order valence-corrected chi connectivity index (χ2v) is 6.05. The van der Waals surface area contributed by atoms with Gasteiger partial charge in [-0.1, -0.05) is 35.9 Å². The lowest BCUT2D eigenvalue weighted by Gasteiger charge is -2.10. The number of anilines is 1. The average molecular weight is 366 g/mol. The molecular formula is C20H18N2O5. The van der Waals surface area contributed by atoms with Crippen molar-refractivity contribution in [2.75, 3.05) is 11.9 Å². The van der Waals surface area contributed by atoms with Crippen LogP contribution >= 0.6 is 0 Å². The van der Waals surface area contributed by atoms with Crippen molar-refractivity contribution in [2.45, 2.75) is 13.8 Å². The number of para-hydroxylation sites is 1. The number of esters is 1. The molecule has 0 aliphatic carbocycles. The molecule has 0 unspecified atom stereocenters. The molecule has 3 aromatic rings. The van der Waals surface area contributed by atoms with Crippen LogP contribution in [0, 0.1) is 13.8 Å². The molecule has 138 valence electrons. The number of urea groups is 1. The van der Waals surface area contributed by atoms with Crippen LogP contribution < -0.4 is 10.6 Å². The molecule has 1 aromatic heterocycles. The Morgan fingerprint density at radius 3 is 2.56 bits per heavy atom. The number of imide groups is 1. The number of amides is 3. The molecule has 3 amide bonds. The van der Waals surface area contributed by atoms with Gasteiger partial charge >= 0.3 is 12.0 Å². The zero-order valence-electron chi connectivity index (χ0n) is 14.9. The van der Waals surface area contributed by atoms with E-state index in [1.165, 1.54) is 6.07 Å². The summed E-state index contributed by atoms with van der Waals surface area (Å²) in [6, 6.07) is 13.4. The van der Waals surface area contributed by atoms with Gasteiger partial charge in [-0.25, -0.2) is 9.59 Å². The molecular weight excluding hydrogens is 348 g/mol. The molecule has 7 heteroatoms. The smallest absolute Gasteiger partial charge is 0.374 e. The van der Waals surface area contributed by atoms with E-state index in [0.29, 0.717) is 11.3 Å². The van der Waals surface area contributed by atoms with Gasteiger partial charge in [-0.2, -0.15) is 0 Å². The Balaban J connectivity index is 1.51. The van der Waals surface area contributed by atoms with Gasteiger partial charge in [-0.15, -0.1) is 0 Å². The highest BCUT2D eigenvalue weighted by atomic mass is 16.5. The second kappa shape index (κ2) is 7.74. The molecule has 0 bridgehead atoms. The van der Waals surface area contributed by atoms with Gasteiger partial charge in [0.1, 0.15) is 5.58 Å². The number of hydrogen-bond acceptors (Lipinski definition) is 5. The molecule has 1 heterocycles. The van der Waals surface area contributed by atoms with Crippen molar-refractivity contribution in [1.82, 2.24) is 5.32 Å². The minimum Gasteiger partial charge on any atom is -0.450 e. The molecule has 27 heavy (non-hydrogen) atoms.